The quantitative estimate of drug-likeness (QED) is 0.711. The normalized spacial score (nSPS) is 22.6. The van der Waals surface area contributed by atoms with Gasteiger partial charge in [-0.1, -0.05) is 0 Å². The van der Waals surface area contributed by atoms with Crippen LogP contribution in [0.2, 0.25) is 0 Å². The third-order valence-corrected chi connectivity index (χ3v) is 2.82. The Balaban J connectivity index is 2.50. The van der Waals surface area contributed by atoms with Crippen molar-refractivity contribution in [3.8, 4) is 0 Å². The summed E-state index contributed by atoms with van der Waals surface area (Å²) in [5.74, 6) is -1.61. The predicted molar refractivity (Wildman–Crippen MR) is 61.9 cm³/mol. The summed E-state index contributed by atoms with van der Waals surface area (Å²) in [6.45, 7) is -0.0383. The maximum absolute atomic E-state index is 11.9. The first-order valence-electron chi connectivity index (χ1n) is 5.66. The molecule has 0 aromatic rings. The van der Waals surface area contributed by atoms with Crippen LogP contribution in [-0.2, 0) is 19.1 Å². The second-order valence-electron chi connectivity index (χ2n) is 4.51. The molecule has 1 aliphatic rings. The number of likely N-dealkylation sites (N-methyl/N-ethyl adjacent to an activating group) is 2. The Bertz CT molecular complexity index is 355. The average Bonchev–Trinajstić information content (AvgIpc) is 2.76. The molecule has 2 atom stereocenters. The number of rotatable bonds is 4. The van der Waals surface area contributed by atoms with Crippen LogP contribution in [0.1, 0.15) is 12.8 Å². The second-order valence-corrected chi connectivity index (χ2v) is 4.51. The van der Waals surface area contributed by atoms with Gasteiger partial charge in [0.2, 0.25) is 5.91 Å². The highest BCUT2D eigenvalue weighted by Crippen LogP contribution is 2.21. The zero-order valence-corrected chi connectivity index (χ0v) is 10.8. The molecule has 7 heteroatoms. The van der Waals surface area contributed by atoms with E-state index in [2.05, 4.69) is 0 Å². The molecule has 0 aliphatic carbocycles. The number of ether oxygens (including phenoxy) is 1. The Labute approximate surface area is 105 Å². The van der Waals surface area contributed by atoms with Crippen LogP contribution >= 0.6 is 0 Å². The van der Waals surface area contributed by atoms with E-state index in [4.69, 9.17) is 9.84 Å². The lowest BCUT2D eigenvalue weighted by molar-refractivity contribution is -0.155. The SMILES string of the molecule is CN(C)C(=O)CN(C)C(=O)[C@@H]1CC[C@H](C(=O)O)O1. The summed E-state index contributed by atoms with van der Waals surface area (Å²) in [6, 6.07) is 0. The summed E-state index contributed by atoms with van der Waals surface area (Å²) in [6.07, 6.45) is -0.986. The number of carboxylic acid groups (broad SMARTS) is 1. The van der Waals surface area contributed by atoms with Gasteiger partial charge in [0, 0.05) is 21.1 Å². The van der Waals surface area contributed by atoms with Gasteiger partial charge < -0.3 is 19.6 Å². The molecule has 0 aromatic carbocycles. The molecule has 7 nitrogen and oxygen atoms in total. The summed E-state index contributed by atoms with van der Waals surface area (Å²) in [4.78, 5) is 36.7. The first-order valence-corrected chi connectivity index (χ1v) is 5.66. The molecule has 1 heterocycles. The zero-order chi connectivity index (χ0) is 13.9. The smallest absolute Gasteiger partial charge is 0.332 e. The minimum atomic E-state index is -1.06. The first kappa shape index (κ1) is 14.4. The van der Waals surface area contributed by atoms with Gasteiger partial charge in [-0.05, 0) is 12.8 Å². The number of carbonyl (C=O) groups is 3. The van der Waals surface area contributed by atoms with E-state index in [1.807, 2.05) is 0 Å². The van der Waals surface area contributed by atoms with Gasteiger partial charge in [0.25, 0.3) is 5.91 Å². The molecule has 1 aliphatic heterocycles. The van der Waals surface area contributed by atoms with E-state index >= 15 is 0 Å². The van der Waals surface area contributed by atoms with Crippen LogP contribution in [0.15, 0.2) is 0 Å². The molecule has 1 fully saturated rings. The highest BCUT2D eigenvalue weighted by atomic mass is 16.5. The Morgan fingerprint density at radius 3 is 2.17 bits per heavy atom. The summed E-state index contributed by atoms with van der Waals surface area (Å²) in [5, 5.41) is 8.76. The number of nitrogens with zero attached hydrogens (tertiary/aromatic N) is 2. The predicted octanol–water partition coefficient (Wildman–Crippen LogP) is -0.835. The van der Waals surface area contributed by atoms with Crippen LogP contribution in [0.4, 0.5) is 0 Å². The fourth-order valence-electron chi connectivity index (χ4n) is 1.67. The number of hydrogen-bond acceptors (Lipinski definition) is 4. The summed E-state index contributed by atoms with van der Waals surface area (Å²) in [7, 11) is 4.71. The minimum absolute atomic E-state index is 0.0383. The van der Waals surface area contributed by atoms with Crippen LogP contribution in [0, 0.1) is 0 Å². The first-order chi connectivity index (χ1) is 8.32. The van der Waals surface area contributed by atoms with Crippen molar-refractivity contribution in [1.82, 2.24) is 9.80 Å². The molecule has 18 heavy (non-hydrogen) atoms. The Hall–Kier alpha value is -1.63. The fraction of sp³-hybridized carbons (Fsp3) is 0.727. The van der Waals surface area contributed by atoms with Gasteiger partial charge in [0.1, 0.15) is 6.10 Å². The summed E-state index contributed by atoms with van der Waals surface area (Å²) >= 11 is 0. The van der Waals surface area contributed by atoms with Crippen molar-refractivity contribution in [2.24, 2.45) is 0 Å². The van der Waals surface area contributed by atoms with Gasteiger partial charge in [-0.2, -0.15) is 0 Å². The molecular formula is C11H18N2O5. The molecule has 1 N–H and O–H groups in total. The molecule has 0 saturated carbocycles. The molecule has 2 amide bonds. The maximum atomic E-state index is 11.9. The monoisotopic (exact) mass is 258 g/mol. The second kappa shape index (κ2) is 5.81. The van der Waals surface area contributed by atoms with Gasteiger partial charge in [0.05, 0.1) is 6.54 Å². The Morgan fingerprint density at radius 1 is 1.17 bits per heavy atom. The largest absolute Gasteiger partial charge is 0.479 e. The molecule has 1 saturated heterocycles. The number of amides is 2. The lowest BCUT2D eigenvalue weighted by Crippen LogP contribution is -2.42. The van der Waals surface area contributed by atoms with E-state index in [-0.39, 0.29) is 18.4 Å². The van der Waals surface area contributed by atoms with E-state index in [1.54, 1.807) is 14.1 Å². The van der Waals surface area contributed by atoms with Crippen molar-refractivity contribution >= 4 is 17.8 Å². The van der Waals surface area contributed by atoms with Crippen LogP contribution in [0.3, 0.4) is 0 Å². The number of carbonyl (C=O) groups excluding carboxylic acids is 2. The highest BCUT2D eigenvalue weighted by molar-refractivity contribution is 5.87. The Kier molecular flexibility index (Phi) is 4.66. The maximum Gasteiger partial charge on any atom is 0.332 e. The third kappa shape index (κ3) is 3.43. The molecule has 0 unspecified atom stereocenters. The van der Waals surface area contributed by atoms with Crippen molar-refractivity contribution in [3.63, 3.8) is 0 Å². The molecule has 102 valence electrons. The molecule has 0 radical (unpaired) electrons. The van der Waals surface area contributed by atoms with Crippen molar-refractivity contribution < 1.29 is 24.2 Å². The lowest BCUT2D eigenvalue weighted by atomic mass is 10.2. The standard InChI is InChI=1S/C11H18N2O5/c1-12(2)9(14)6-13(3)10(15)7-4-5-8(18-7)11(16)17/h7-8H,4-6H2,1-3H3,(H,16,17)/t7-,8+/m0/s1. The summed E-state index contributed by atoms with van der Waals surface area (Å²) in [5.41, 5.74) is 0. The van der Waals surface area contributed by atoms with E-state index in [0.717, 1.165) is 0 Å². The topological polar surface area (TPSA) is 87.2 Å². The molecule has 1 rings (SSSR count). The van der Waals surface area contributed by atoms with Gasteiger partial charge in [0.15, 0.2) is 6.10 Å². The van der Waals surface area contributed by atoms with E-state index in [0.29, 0.717) is 12.8 Å². The summed E-state index contributed by atoms with van der Waals surface area (Å²) < 4.78 is 5.13. The van der Waals surface area contributed by atoms with E-state index in [9.17, 15) is 14.4 Å². The van der Waals surface area contributed by atoms with Crippen LogP contribution < -0.4 is 0 Å². The third-order valence-electron chi connectivity index (χ3n) is 2.82. The Morgan fingerprint density at radius 2 is 1.72 bits per heavy atom. The molecule has 0 bridgehead atoms. The lowest BCUT2D eigenvalue weighted by Gasteiger charge is -2.22. The van der Waals surface area contributed by atoms with Crippen molar-refractivity contribution in [3.05, 3.63) is 0 Å². The van der Waals surface area contributed by atoms with Crippen molar-refractivity contribution in [1.29, 1.82) is 0 Å². The average molecular weight is 258 g/mol. The van der Waals surface area contributed by atoms with Crippen LogP contribution in [0.5, 0.6) is 0 Å². The molecule has 0 aromatic heterocycles. The van der Waals surface area contributed by atoms with Crippen LogP contribution in [0.25, 0.3) is 0 Å². The van der Waals surface area contributed by atoms with Gasteiger partial charge in [-0.3, -0.25) is 9.59 Å². The van der Waals surface area contributed by atoms with Gasteiger partial charge in [-0.25, -0.2) is 4.79 Å². The number of hydrogen-bond donors (Lipinski definition) is 1. The van der Waals surface area contributed by atoms with E-state index in [1.165, 1.54) is 16.8 Å². The van der Waals surface area contributed by atoms with Crippen LogP contribution in [-0.4, -0.2) is 72.6 Å². The van der Waals surface area contributed by atoms with E-state index < -0.39 is 18.2 Å². The molecular weight excluding hydrogens is 240 g/mol. The minimum Gasteiger partial charge on any atom is -0.479 e. The van der Waals surface area contributed by atoms with Gasteiger partial charge in [-0.15, -0.1) is 0 Å². The fourth-order valence-corrected chi connectivity index (χ4v) is 1.67. The van der Waals surface area contributed by atoms with Gasteiger partial charge >= 0.3 is 5.97 Å². The highest BCUT2D eigenvalue weighted by Gasteiger charge is 2.36. The molecule has 0 spiro atoms. The van der Waals surface area contributed by atoms with Crippen molar-refractivity contribution in [2.75, 3.05) is 27.7 Å². The van der Waals surface area contributed by atoms with Crippen molar-refractivity contribution in [2.45, 2.75) is 25.0 Å². The zero-order valence-electron chi connectivity index (χ0n) is 10.8. The number of carboxylic acids is 1. The number of aliphatic carboxylic acids is 1.